The molecule has 0 bridgehead atoms. The van der Waals surface area contributed by atoms with Gasteiger partial charge in [0.15, 0.2) is 0 Å². The zero-order valence-electron chi connectivity index (χ0n) is 16.2. The number of rotatable bonds is 9. The Bertz CT molecular complexity index is 893. The summed E-state index contributed by atoms with van der Waals surface area (Å²) < 4.78 is 31.0. The van der Waals surface area contributed by atoms with Gasteiger partial charge >= 0.3 is 0 Å². The van der Waals surface area contributed by atoms with Crippen molar-refractivity contribution in [1.82, 2.24) is 5.32 Å². The SMILES string of the molecule is CNC(Cc1ccc(Cl)c(Cl)c1)C(Oc1ccc(NS(C)(=O)=O)cc1)C(C)O.Cl. The van der Waals surface area contributed by atoms with E-state index >= 15 is 0 Å². The Morgan fingerprint density at radius 2 is 1.72 bits per heavy atom. The van der Waals surface area contributed by atoms with Gasteiger partial charge in [0, 0.05) is 5.69 Å². The lowest BCUT2D eigenvalue weighted by Gasteiger charge is -2.30. The molecule has 2 rings (SSSR count). The fraction of sp³-hybridized carbons (Fsp3) is 0.368. The molecular weight excluding hydrogens is 459 g/mol. The highest BCUT2D eigenvalue weighted by Gasteiger charge is 2.27. The first-order valence-electron chi connectivity index (χ1n) is 8.63. The van der Waals surface area contributed by atoms with Gasteiger partial charge in [0.2, 0.25) is 10.0 Å². The molecule has 2 aromatic carbocycles. The van der Waals surface area contributed by atoms with Gasteiger partial charge < -0.3 is 15.2 Å². The summed E-state index contributed by atoms with van der Waals surface area (Å²) in [6.07, 6.45) is 0.347. The summed E-state index contributed by atoms with van der Waals surface area (Å²) >= 11 is 12.1. The monoisotopic (exact) mass is 482 g/mol. The number of likely N-dealkylation sites (N-methyl/N-ethyl adjacent to an activating group) is 1. The van der Waals surface area contributed by atoms with E-state index in [0.29, 0.717) is 27.9 Å². The molecule has 0 heterocycles. The zero-order valence-corrected chi connectivity index (χ0v) is 19.4. The number of nitrogens with one attached hydrogen (secondary N) is 2. The molecule has 162 valence electrons. The Morgan fingerprint density at radius 1 is 1.10 bits per heavy atom. The maximum absolute atomic E-state index is 11.3. The van der Waals surface area contributed by atoms with Gasteiger partial charge in [0.25, 0.3) is 0 Å². The van der Waals surface area contributed by atoms with Crippen LogP contribution in [0.3, 0.4) is 0 Å². The van der Waals surface area contributed by atoms with Gasteiger partial charge in [-0.3, -0.25) is 4.72 Å². The van der Waals surface area contributed by atoms with Gasteiger partial charge in [-0.2, -0.15) is 0 Å². The van der Waals surface area contributed by atoms with Crippen molar-refractivity contribution in [2.45, 2.75) is 31.6 Å². The molecule has 2 aromatic rings. The largest absolute Gasteiger partial charge is 0.486 e. The minimum Gasteiger partial charge on any atom is -0.486 e. The molecule has 3 atom stereocenters. The molecule has 0 amide bonds. The van der Waals surface area contributed by atoms with Crippen molar-refractivity contribution < 1.29 is 18.3 Å². The Kier molecular flexibility index (Phi) is 10.0. The van der Waals surface area contributed by atoms with Gasteiger partial charge in [-0.25, -0.2) is 8.42 Å². The average Bonchev–Trinajstić information content (AvgIpc) is 2.61. The summed E-state index contributed by atoms with van der Waals surface area (Å²) in [6.45, 7) is 1.66. The summed E-state index contributed by atoms with van der Waals surface area (Å²) in [6, 6.07) is 11.7. The summed E-state index contributed by atoms with van der Waals surface area (Å²) in [5, 5.41) is 14.4. The number of sulfonamides is 1. The third-order valence-corrected chi connectivity index (χ3v) is 5.46. The van der Waals surface area contributed by atoms with Crippen LogP contribution in [0.25, 0.3) is 0 Å². The topological polar surface area (TPSA) is 87.7 Å². The third kappa shape index (κ3) is 8.20. The minimum absolute atomic E-state index is 0. The van der Waals surface area contributed by atoms with E-state index in [9.17, 15) is 13.5 Å². The van der Waals surface area contributed by atoms with E-state index in [1.807, 2.05) is 6.07 Å². The highest BCUT2D eigenvalue weighted by molar-refractivity contribution is 7.92. The van der Waals surface area contributed by atoms with Gasteiger partial charge in [-0.15, -0.1) is 12.4 Å². The normalized spacial score (nSPS) is 14.4. The lowest BCUT2D eigenvalue weighted by Crippen LogP contribution is -2.48. The fourth-order valence-electron chi connectivity index (χ4n) is 2.79. The smallest absolute Gasteiger partial charge is 0.229 e. The number of hydrogen-bond acceptors (Lipinski definition) is 5. The fourth-order valence-corrected chi connectivity index (χ4v) is 3.68. The quantitative estimate of drug-likeness (QED) is 0.506. The summed E-state index contributed by atoms with van der Waals surface area (Å²) in [5.41, 5.74) is 1.39. The van der Waals surface area contributed by atoms with Crippen molar-refractivity contribution in [2.75, 3.05) is 18.0 Å². The van der Waals surface area contributed by atoms with E-state index in [-0.39, 0.29) is 18.4 Å². The molecule has 3 unspecified atom stereocenters. The number of halogens is 3. The Morgan fingerprint density at radius 3 is 2.21 bits per heavy atom. The molecule has 29 heavy (non-hydrogen) atoms. The van der Waals surface area contributed by atoms with Crippen LogP contribution in [-0.2, 0) is 16.4 Å². The standard InChI is InChI=1S/C19H24Cl2N2O4S.ClH/c1-12(24)19(18(22-2)11-13-4-9-16(20)17(21)10-13)27-15-7-5-14(6-8-15)23-28(3,25)26;/h4-10,12,18-19,22-24H,11H2,1-3H3;1H. The van der Waals surface area contributed by atoms with Crippen molar-refractivity contribution >= 4 is 51.3 Å². The summed E-state index contributed by atoms with van der Waals surface area (Å²) in [4.78, 5) is 0. The number of hydrogen-bond donors (Lipinski definition) is 3. The predicted molar refractivity (Wildman–Crippen MR) is 121 cm³/mol. The van der Waals surface area contributed by atoms with Crippen LogP contribution in [0.15, 0.2) is 42.5 Å². The Labute approximate surface area is 188 Å². The highest BCUT2D eigenvalue weighted by atomic mass is 35.5. The first kappa shape index (κ1) is 25.8. The molecule has 0 fully saturated rings. The lowest BCUT2D eigenvalue weighted by molar-refractivity contribution is 0.0256. The summed E-state index contributed by atoms with van der Waals surface area (Å²) in [5.74, 6) is 0.513. The van der Waals surface area contributed by atoms with Crippen LogP contribution in [0.1, 0.15) is 12.5 Å². The first-order chi connectivity index (χ1) is 13.1. The second-order valence-corrected chi connectivity index (χ2v) is 9.13. The third-order valence-electron chi connectivity index (χ3n) is 4.11. The molecule has 0 spiro atoms. The van der Waals surface area contributed by atoms with Crippen LogP contribution in [0.2, 0.25) is 10.0 Å². The minimum atomic E-state index is -3.35. The van der Waals surface area contributed by atoms with Crippen LogP contribution in [0.4, 0.5) is 5.69 Å². The average molecular weight is 484 g/mol. The van der Waals surface area contributed by atoms with E-state index < -0.39 is 22.2 Å². The van der Waals surface area contributed by atoms with Crippen LogP contribution in [0.5, 0.6) is 5.75 Å². The molecule has 0 aromatic heterocycles. The maximum Gasteiger partial charge on any atom is 0.229 e. The molecule has 0 aliphatic heterocycles. The Balaban J connectivity index is 0.00000420. The van der Waals surface area contributed by atoms with Crippen LogP contribution < -0.4 is 14.8 Å². The van der Waals surface area contributed by atoms with Crippen molar-refractivity contribution in [1.29, 1.82) is 0 Å². The second kappa shape index (κ2) is 11.2. The van der Waals surface area contributed by atoms with E-state index in [4.69, 9.17) is 27.9 Å². The molecule has 0 radical (unpaired) electrons. The molecule has 0 aliphatic carbocycles. The van der Waals surface area contributed by atoms with Gasteiger partial charge in [-0.1, -0.05) is 29.3 Å². The molecular formula is C19H25Cl3N2O4S. The number of anilines is 1. The van der Waals surface area contributed by atoms with Crippen molar-refractivity contribution in [2.24, 2.45) is 0 Å². The van der Waals surface area contributed by atoms with Gasteiger partial charge in [0.05, 0.1) is 28.4 Å². The van der Waals surface area contributed by atoms with E-state index in [2.05, 4.69) is 10.0 Å². The van der Waals surface area contributed by atoms with Crippen molar-refractivity contribution in [3.8, 4) is 5.75 Å². The predicted octanol–water partition coefficient (Wildman–Crippen LogP) is 3.75. The lowest BCUT2D eigenvalue weighted by atomic mass is 9.98. The molecule has 0 aliphatic rings. The van der Waals surface area contributed by atoms with Crippen LogP contribution >= 0.6 is 35.6 Å². The van der Waals surface area contributed by atoms with Gasteiger partial charge in [-0.05, 0) is 62.4 Å². The highest BCUT2D eigenvalue weighted by Crippen LogP contribution is 2.25. The van der Waals surface area contributed by atoms with E-state index in [1.165, 1.54) is 0 Å². The zero-order chi connectivity index (χ0) is 20.9. The van der Waals surface area contributed by atoms with E-state index in [0.717, 1.165) is 11.8 Å². The number of ether oxygens (including phenoxy) is 1. The molecule has 0 saturated carbocycles. The number of aliphatic hydroxyl groups excluding tert-OH is 1. The van der Waals surface area contributed by atoms with Crippen LogP contribution in [0, 0.1) is 0 Å². The maximum atomic E-state index is 11.3. The second-order valence-electron chi connectivity index (χ2n) is 6.57. The van der Waals surface area contributed by atoms with Crippen LogP contribution in [-0.4, -0.2) is 45.1 Å². The number of benzene rings is 2. The Hall–Kier alpha value is -1.22. The summed E-state index contributed by atoms with van der Waals surface area (Å²) in [7, 11) is -1.55. The van der Waals surface area contributed by atoms with E-state index in [1.54, 1.807) is 50.4 Å². The first-order valence-corrected chi connectivity index (χ1v) is 11.3. The molecule has 6 nitrogen and oxygen atoms in total. The molecule has 3 N–H and O–H groups in total. The van der Waals surface area contributed by atoms with Gasteiger partial charge in [0.1, 0.15) is 11.9 Å². The molecule has 0 saturated heterocycles. The van der Waals surface area contributed by atoms with Crippen molar-refractivity contribution in [3.63, 3.8) is 0 Å². The molecule has 10 heteroatoms. The van der Waals surface area contributed by atoms with Crippen molar-refractivity contribution in [3.05, 3.63) is 58.1 Å². The number of aliphatic hydroxyl groups is 1.